The molecule has 168 valence electrons. The van der Waals surface area contributed by atoms with Gasteiger partial charge in [0.1, 0.15) is 13.0 Å². The molecule has 8 nitrogen and oxygen atoms in total. The number of carbonyl (C=O) groups is 2. The zero-order valence-electron chi connectivity index (χ0n) is 18.6. The molecule has 1 aliphatic heterocycles. The number of aromatic nitrogens is 1. The number of para-hydroxylation sites is 1. The minimum absolute atomic E-state index is 0.0422. The van der Waals surface area contributed by atoms with Crippen LogP contribution in [0.2, 0.25) is 0 Å². The summed E-state index contributed by atoms with van der Waals surface area (Å²) in [6.45, 7) is 0.520. The van der Waals surface area contributed by atoms with Gasteiger partial charge in [-0.3, -0.25) is 4.79 Å². The maximum atomic E-state index is 13.1. The lowest BCUT2D eigenvalue weighted by atomic mass is 9.69. The van der Waals surface area contributed by atoms with Gasteiger partial charge in [-0.25, -0.2) is 4.79 Å². The Labute approximate surface area is 186 Å². The zero-order valence-corrected chi connectivity index (χ0v) is 18.6. The van der Waals surface area contributed by atoms with Crippen molar-refractivity contribution in [2.45, 2.75) is 18.4 Å². The standard InChI is InChI=1S/C24H27N3O5/c1-26-18-8-6-5-7-16(18)21-19-13-17(22(23(21)26)24(29)31-3)15(9-10-20(28)30-2)14-27(19)12-11-25-32-4/h5-11,14,17,19,22H,12-13H2,1-4H3/b10-9+,25-11+/t17-,19-,22+/m0/s1. The van der Waals surface area contributed by atoms with Crippen LogP contribution in [0.25, 0.3) is 10.9 Å². The molecule has 2 aromatic rings. The van der Waals surface area contributed by atoms with Gasteiger partial charge < -0.3 is 23.8 Å². The highest BCUT2D eigenvalue weighted by Gasteiger charge is 2.47. The van der Waals surface area contributed by atoms with Crippen LogP contribution in [-0.2, 0) is 30.9 Å². The van der Waals surface area contributed by atoms with E-state index in [1.54, 1.807) is 12.3 Å². The summed E-state index contributed by atoms with van der Waals surface area (Å²) in [6.07, 6.45) is 7.53. The van der Waals surface area contributed by atoms with E-state index in [1.165, 1.54) is 27.4 Å². The lowest BCUT2D eigenvalue weighted by Gasteiger charge is -2.45. The van der Waals surface area contributed by atoms with E-state index in [9.17, 15) is 9.59 Å². The Kier molecular flexibility index (Phi) is 6.03. The topological polar surface area (TPSA) is 82.4 Å². The number of nitrogens with zero attached hydrogens (tertiary/aromatic N) is 3. The first-order valence-corrected chi connectivity index (χ1v) is 10.4. The van der Waals surface area contributed by atoms with Gasteiger partial charge in [-0.1, -0.05) is 29.4 Å². The molecule has 1 aliphatic carbocycles. The predicted octanol–water partition coefficient (Wildman–Crippen LogP) is 3.06. The van der Waals surface area contributed by atoms with Gasteiger partial charge in [-0.2, -0.15) is 0 Å². The predicted molar refractivity (Wildman–Crippen MR) is 120 cm³/mol. The van der Waals surface area contributed by atoms with Crippen LogP contribution < -0.4 is 0 Å². The van der Waals surface area contributed by atoms with Gasteiger partial charge in [0, 0.05) is 47.4 Å². The second kappa shape index (κ2) is 8.90. The fraction of sp³-hybridized carbons (Fsp3) is 0.375. The number of allylic oxidation sites excluding steroid dienone is 2. The van der Waals surface area contributed by atoms with Gasteiger partial charge in [0.25, 0.3) is 0 Å². The second-order valence-electron chi connectivity index (χ2n) is 7.89. The molecular formula is C24H27N3O5. The molecule has 3 atom stereocenters. The van der Waals surface area contributed by atoms with Crippen molar-refractivity contribution in [3.8, 4) is 0 Å². The molecule has 2 aliphatic rings. The SMILES string of the molecule is CO/N=C/CN1C=C(/C=C/C(=O)OC)[C@@H]2C[C@H]1c1c(n(C)c3ccccc13)[C@@H]2C(=O)OC. The molecule has 32 heavy (non-hydrogen) atoms. The van der Waals surface area contributed by atoms with Crippen LogP contribution in [0.5, 0.6) is 0 Å². The first-order valence-electron chi connectivity index (χ1n) is 10.4. The first kappa shape index (κ1) is 21.7. The van der Waals surface area contributed by atoms with Crippen LogP contribution in [0.1, 0.15) is 29.6 Å². The summed E-state index contributed by atoms with van der Waals surface area (Å²) >= 11 is 0. The van der Waals surface area contributed by atoms with Crippen molar-refractivity contribution in [1.82, 2.24) is 9.47 Å². The smallest absolute Gasteiger partial charge is 0.330 e. The van der Waals surface area contributed by atoms with E-state index in [0.29, 0.717) is 13.0 Å². The molecule has 0 saturated carbocycles. The molecule has 8 heteroatoms. The third-order valence-electron chi connectivity index (χ3n) is 6.38. The summed E-state index contributed by atoms with van der Waals surface area (Å²) in [5, 5.41) is 5.02. The van der Waals surface area contributed by atoms with Crippen molar-refractivity contribution in [2.75, 3.05) is 27.9 Å². The number of benzene rings is 1. The van der Waals surface area contributed by atoms with Crippen LogP contribution in [0, 0.1) is 5.92 Å². The maximum Gasteiger partial charge on any atom is 0.330 e. The Morgan fingerprint density at radius 1 is 1.19 bits per heavy atom. The number of aryl methyl sites for hydroxylation is 1. The number of ether oxygens (including phenoxy) is 2. The van der Waals surface area contributed by atoms with Crippen molar-refractivity contribution in [3.63, 3.8) is 0 Å². The molecule has 4 rings (SSSR count). The largest absolute Gasteiger partial charge is 0.468 e. The molecule has 0 spiro atoms. The van der Waals surface area contributed by atoms with Gasteiger partial charge in [0.15, 0.2) is 0 Å². The molecule has 0 unspecified atom stereocenters. The van der Waals surface area contributed by atoms with Crippen LogP contribution in [0.4, 0.5) is 0 Å². The summed E-state index contributed by atoms with van der Waals surface area (Å²) in [5.41, 5.74) is 4.01. The lowest BCUT2D eigenvalue weighted by molar-refractivity contribution is -0.144. The summed E-state index contributed by atoms with van der Waals surface area (Å²) < 4.78 is 12.1. The highest BCUT2D eigenvalue weighted by Crippen LogP contribution is 2.53. The number of oxime groups is 1. The number of fused-ring (bicyclic) bond motifs is 6. The Bertz CT molecular complexity index is 1130. The summed E-state index contributed by atoms with van der Waals surface area (Å²) in [7, 11) is 6.25. The van der Waals surface area contributed by atoms with Crippen molar-refractivity contribution >= 4 is 29.1 Å². The fourth-order valence-corrected chi connectivity index (χ4v) is 5.04. The third-order valence-corrected chi connectivity index (χ3v) is 6.38. The highest BCUT2D eigenvalue weighted by atomic mass is 16.6. The molecule has 1 aromatic heterocycles. The summed E-state index contributed by atoms with van der Waals surface area (Å²) in [6, 6.07) is 8.22. The van der Waals surface area contributed by atoms with Gasteiger partial charge in [0.2, 0.25) is 0 Å². The van der Waals surface area contributed by atoms with E-state index < -0.39 is 11.9 Å². The summed E-state index contributed by atoms with van der Waals surface area (Å²) in [5.74, 6) is -1.35. The Morgan fingerprint density at radius 3 is 2.69 bits per heavy atom. The van der Waals surface area contributed by atoms with E-state index in [4.69, 9.17) is 14.3 Å². The number of hydrogen-bond acceptors (Lipinski definition) is 7. The average Bonchev–Trinajstić information content (AvgIpc) is 3.11. The third kappa shape index (κ3) is 3.55. The summed E-state index contributed by atoms with van der Waals surface area (Å²) in [4.78, 5) is 31.9. The molecule has 0 radical (unpaired) electrons. The van der Waals surface area contributed by atoms with E-state index in [2.05, 4.69) is 26.8 Å². The fourth-order valence-electron chi connectivity index (χ4n) is 5.04. The van der Waals surface area contributed by atoms with Gasteiger partial charge >= 0.3 is 11.9 Å². The molecule has 0 fully saturated rings. The first-order chi connectivity index (χ1) is 15.5. The van der Waals surface area contributed by atoms with E-state index >= 15 is 0 Å². The molecule has 1 aromatic carbocycles. The number of esters is 2. The number of hydrogen-bond donors (Lipinski definition) is 0. The minimum atomic E-state index is -0.480. The number of carbonyl (C=O) groups excluding carboxylic acids is 2. The molecular weight excluding hydrogens is 410 g/mol. The van der Waals surface area contributed by atoms with E-state index in [0.717, 1.165) is 27.7 Å². The van der Waals surface area contributed by atoms with Crippen molar-refractivity contribution in [1.29, 1.82) is 0 Å². The van der Waals surface area contributed by atoms with Gasteiger partial charge in [0.05, 0.1) is 33.0 Å². The van der Waals surface area contributed by atoms with E-state index in [1.807, 2.05) is 25.4 Å². The minimum Gasteiger partial charge on any atom is -0.468 e. The normalized spacial score (nSPS) is 22.2. The van der Waals surface area contributed by atoms with Crippen molar-refractivity contribution in [3.05, 3.63) is 59.4 Å². The Hall–Kier alpha value is -3.55. The van der Waals surface area contributed by atoms with Crippen LogP contribution in [0.15, 0.2) is 53.3 Å². The second-order valence-corrected chi connectivity index (χ2v) is 7.89. The van der Waals surface area contributed by atoms with Crippen molar-refractivity contribution < 1.29 is 23.9 Å². The zero-order chi connectivity index (χ0) is 22.8. The van der Waals surface area contributed by atoms with Crippen LogP contribution >= 0.6 is 0 Å². The molecule has 2 heterocycles. The molecule has 0 N–H and O–H groups in total. The monoisotopic (exact) mass is 437 g/mol. The number of methoxy groups -OCH3 is 2. The van der Waals surface area contributed by atoms with Crippen LogP contribution in [-0.4, -0.2) is 55.5 Å². The quantitative estimate of drug-likeness (QED) is 0.299. The van der Waals surface area contributed by atoms with E-state index in [-0.39, 0.29) is 17.9 Å². The Balaban J connectivity index is 1.92. The van der Waals surface area contributed by atoms with Crippen LogP contribution in [0.3, 0.4) is 0 Å². The molecule has 0 saturated heterocycles. The number of rotatable bonds is 6. The van der Waals surface area contributed by atoms with Gasteiger partial charge in [-0.15, -0.1) is 0 Å². The molecule has 2 bridgehead atoms. The van der Waals surface area contributed by atoms with Crippen molar-refractivity contribution in [2.24, 2.45) is 18.1 Å². The Morgan fingerprint density at radius 2 is 1.97 bits per heavy atom. The lowest BCUT2D eigenvalue weighted by Crippen LogP contribution is -2.41. The maximum absolute atomic E-state index is 13.1. The molecule has 0 amide bonds. The highest BCUT2D eigenvalue weighted by molar-refractivity contribution is 5.91. The van der Waals surface area contributed by atoms with Gasteiger partial charge in [-0.05, 0) is 18.1 Å². The average molecular weight is 437 g/mol.